The number of hydrogen-bond donors (Lipinski definition) is 1. The van der Waals surface area contributed by atoms with Gasteiger partial charge in [0.15, 0.2) is 0 Å². The van der Waals surface area contributed by atoms with Gasteiger partial charge in [-0.05, 0) is 32.6 Å². The highest BCUT2D eigenvalue weighted by atomic mass is 14.7. The molecule has 1 rings (SSSR count). The summed E-state index contributed by atoms with van der Waals surface area (Å²) in [6.45, 7) is 5.80. The van der Waals surface area contributed by atoms with Gasteiger partial charge >= 0.3 is 0 Å². The lowest BCUT2D eigenvalue weighted by molar-refractivity contribution is 0.505. The maximum atomic E-state index is 5.63. The van der Waals surface area contributed by atoms with Gasteiger partial charge in [-0.1, -0.05) is 0 Å². The molecular formula is C6H12N. The molecule has 1 fully saturated rings. The molecule has 0 aliphatic heterocycles. The van der Waals surface area contributed by atoms with Gasteiger partial charge in [0.2, 0.25) is 0 Å². The molecule has 1 atom stereocenters. The molecule has 41 valence electrons. The highest BCUT2D eigenvalue weighted by Gasteiger charge is 2.34. The Morgan fingerprint density at radius 3 is 2.14 bits per heavy atom. The molecule has 0 bridgehead atoms. The van der Waals surface area contributed by atoms with E-state index in [0.717, 1.165) is 0 Å². The summed E-state index contributed by atoms with van der Waals surface area (Å²) in [5.74, 6) is 0.715. The molecule has 1 aliphatic rings. The van der Waals surface area contributed by atoms with Crippen molar-refractivity contribution in [3.05, 3.63) is 6.92 Å². The fourth-order valence-electron chi connectivity index (χ4n) is 0.743. The van der Waals surface area contributed by atoms with Gasteiger partial charge in [0, 0.05) is 5.54 Å². The lowest BCUT2D eigenvalue weighted by atomic mass is 10.0. The van der Waals surface area contributed by atoms with Crippen LogP contribution in [0.5, 0.6) is 0 Å². The van der Waals surface area contributed by atoms with Crippen LogP contribution in [0.2, 0.25) is 0 Å². The minimum absolute atomic E-state index is 0.139. The lowest BCUT2D eigenvalue weighted by Crippen LogP contribution is -2.34. The van der Waals surface area contributed by atoms with E-state index in [1.165, 1.54) is 12.8 Å². The van der Waals surface area contributed by atoms with Crippen LogP contribution >= 0.6 is 0 Å². The van der Waals surface area contributed by atoms with Crippen molar-refractivity contribution in [1.82, 2.24) is 0 Å². The number of hydrogen-bond acceptors (Lipinski definition) is 1. The van der Waals surface area contributed by atoms with Gasteiger partial charge in [0.25, 0.3) is 0 Å². The zero-order chi connectivity index (χ0) is 5.49. The molecule has 0 spiro atoms. The molecule has 7 heavy (non-hydrogen) atoms. The van der Waals surface area contributed by atoms with Gasteiger partial charge in [-0.3, -0.25) is 0 Å². The Morgan fingerprint density at radius 2 is 2.14 bits per heavy atom. The quantitative estimate of drug-likeness (QED) is 0.519. The zero-order valence-electron chi connectivity index (χ0n) is 4.78. The molecule has 0 aromatic rings. The topological polar surface area (TPSA) is 26.0 Å². The Labute approximate surface area is 44.9 Å². The Balaban J connectivity index is 2.36. The summed E-state index contributed by atoms with van der Waals surface area (Å²) in [4.78, 5) is 0. The average molecular weight is 98.2 g/mol. The second-order valence-corrected chi connectivity index (χ2v) is 2.78. The third-order valence-corrected chi connectivity index (χ3v) is 1.51. The van der Waals surface area contributed by atoms with Crippen LogP contribution in [0.4, 0.5) is 0 Å². The van der Waals surface area contributed by atoms with Crippen molar-refractivity contribution >= 4 is 0 Å². The van der Waals surface area contributed by atoms with Crippen LogP contribution < -0.4 is 5.73 Å². The van der Waals surface area contributed by atoms with E-state index >= 15 is 0 Å². The highest BCUT2D eigenvalue weighted by molar-refractivity contribution is 4.96. The molecule has 0 aromatic carbocycles. The van der Waals surface area contributed by atoms with Gasteiger partial charge in [-0.15, -0.1) is 0 Å². The van der Waals surface area contributed by atoms with Crippen molar-refractivity contribution in [2.24, 2.45) is 11.7 Å². The molecule has 0 amide bonds. The first-order chi connectivity index (χ1) is 3.11. The van der Waals surface area contributed by atoms with Gasteiger partial charge in [-0.25, -0.2) is 0 Å². The molecule has 0 aromatic heterocycles. The number of rotatable bonds is 1. The maximum absolute atomic E-state index is 5.63. The van der Waals surface area contributed by atoms with Crippen LogP contribution in [-0.2, 0) is 0 Å². The van der Waals surface area contributed by atoms with Crippen LogP contribution in [0, 0.1) is 12.8 Å². The molecule has 2 N–H and O–H groups in total. The van der Waals surface area contributed by atoms with Crippen LogP contribution in [0.15, 0.2) is 0 Å². The first-order valence-electron chi connectivity index (χ1n) is 2.75. The van der Waals surface area contributed by atoms with E-state index in [-0.39, 0.29) is 5.54 Å². The predicted molar refractivity (Wildman–Crippen MR) is 30.7 cm³/mol. The Bertz CT molecular complexity index is 66.7. The third-order valence-electron chi connectivity index (χ3n) is 1.51. The summed E-state index contributed by atoms with van der Waals surface area (Å²) in [5.41, 5.74) is 5.49. The van der Waals surface area contributed by atoms with Crippen molar-refractivity contribution in [1.29, 1.82) is 0 Å². The van der Waals surface area contributed by atoms with Crippen LogP contribution in [-0.4, -0.2) is 5.54 Å². The molecule has 0 heterocycles. The van der Waals surface area contributed by atoms with E-state index < -0.39 is 0 Å². The SMILES string of the molecule is [CH2]C(C)(N)C1CC1. The van der Waals surface area contributed by atoms with Crippen molar-refractivity contribution in [3.63, 3.8) is 0 Å². The minimum Gasteiger partial charge on any atom is -0.325 e. The summed E-state index contributed by atoms with van der Waals surface area (Å²) in [6, 6.07) is 0. The zero-order valence-corrected chi connectivity index (χ0v) is 4.78. The minimum atomic E-state index is -0.139. The van der Waals surface area contributed by atoms with Crippen LogP contribution in [0.1, 0.15) is 19.8 Å². The summed E-state index contributed by atoms with van der Waals surface area (Å²) in [5, 5.41) is 0. The number of nitrogens with two attached hydrogens (primary N) is 1. The molecule has 1 saturated carbocycles. The highest BCUT2D eigenvalue weighted by Crippen LogP contribution is 2.37. The molecule has 1 nitrogen and oxygen atoms in total. The molecular weight excluding hydrogens is 86.1 g/mol. The van der Waals surface area contributed by atoms with E-state index in [2.05, 4.69) is 6.92 Å². The molecule has 1 unspecified atom stereocenters. The first kappa shape index (κ1) is 5.10. The van der Waals surface area contributed by atoms with Crippen molar-refractivity contribution in [2.75, 3.05) is 0 Å². The van der Waals surface area contributed by atoms with Gasteiger partial charge in [-0.2, -0.15) is 0 Å². The Hall–Kier alpha value is -0.0400. The van der Waals surface area contributed by atoms with Crippen molar-refractivity contribution < 1.29 is 0 Å². The Kier molecular flexibility index (Phi) is 0.890. The molecule has 1 heteroatoms. The van der Waals surface area contributed by atoms with E-state index in [0.29, 0.717) is 5.92 Å². The fraction of sp³-hybridized carbons (Fsp3) is 0.833. The third kappa shape index (κ3) is 1.16. The first-order valence-corrected chi connectivity index (χ1v) is 2.75. The maximum Gasteiger partial charge on any atom is 0.0155 e. The van der Waals surface area contributed by atoms with Gasteiger partial charge in [0.05, 0.1) is 0 Å². The molecule has 1 aliphatic carbocycles. The van der Waals surface area contributed by atoms with E-state index in [1.54, 1.807) is 0 Å². The van der Waals surface area contributed by atoms with E-state index in [4.69, 9.17) is 5.73 Å². The van der Waals surface area contributed by atoms with Crippen molar-refractivity contribution in [2.45, 2.75) is 25.3 Å². The summed E-state index contributed by atoms with van der Waals surface area (Å²) in [7, 11) is 0. The second-order valence-electron chi connectivity index (χ2n) is 2.78. The smallest absolute Gasteiger partial charge is 0.0155 e. The Morgan fingerprint density at radius 1 is 1.71 bits per heavy atom. The second kappa shape index (κ2) is 1.22. The fourth-order valence-corrected chi connectivity index (χ4v) is 0.743. The summed E-state index contributed by atoms with van der Waals surface area (Å²) in [6.07, 6.45) is 2.58. The molecule has 0 saturated heterocycles. The van der Waals surface area contributed by atoms with Gasteiger partial charge in [0.1, 0.15) is 0 Å². The molecule has 1 radical (unpaired) electrons. The van der Waals surface area contributed by atoms with Gasteiger partial charge < -0.3 is 5.73 Å². The van der Waals surface area contributed by atoms with Crippen LogP contribution in [0.3, 0.4) is 0 Å². The predicted octanol–water partition coefficient (Wildman–Crippen LogP) is 0.948. The largest absolute Gasteiger partial charge is 0.325 e. The van der Waals surface area contributed by atoms with E-state index in [9.17, 15) is 0 Å². The average Bonchev–Trinajstić information content (AvgIpc) is 1.99. The normalized spacial score (nSPS) is 22.7. The standard InChI is InChI=1S/C6H12N/c1-6(2,7)5-3-4-5/h5H,1,3-4,7H2,2H3. The monoisotopic (exact) mass is 98.1 g/mol. The summed E-state index contributed by atoms with van der Waals surface area (Å²) < 4.78 is 0. The summed E-state index contributed by atoms with van der Waals surface area (Å²) >= 11 is 0. The lowest BCUT2D eigenvalue weighted by Gasteiger charge is -2.15. The van der Waals surface area contributed by atoms with Crippen molar-refractivity contribution in [3.8, 4) is 0 Å². The van der Waals surface area contributed by atoms with Crippen LogP contribution in [0.25, 0.3) is 0 Å². The van der Waals surface area contributed by atoms with E-state index in [1.807, 2.05) is 6.92 Å².